The Morgan fingerprint density at radius 3 is 1.67 bits per heavy atom. The van der Waals surface area contributed by atoms with E-state index in [0.717, 1.165) is 19.3 Å². The minimum absolute atomic E-state index is 0.545. The van der Waals surface area contributed by atoms with Gasteiger partial charge in [0.25, 0.3) is 0 Å². The van der Waals surface area contributed by atoms with E-state index in [2.05, 4.69) is 75.6 Å². The van der Waals surface area contributed by atoms with Crippen LogP contribution in [0.25, 0.3) is 0 Å². The molecule has 0 aromatic carbocycles. The highest BCUT2D eigenvalue weighted by Crippen LogP contribution is 2.19. The van der Waals surface area contributed by atoms with Crippen LogP contribution in [-0.4, -0.2) is 49.0 Å². The Morgan fingerprint density at radius 1 is 0.944 bits per heavy atom. The highest BCUT2D eigenvalue weighted by atomic mass is 28.3. The van der Waals surface area contributed by atoms with Crippen LogP contribution in [0.2, 0.25) is 0 Å². The van der Waals surface area contributed by atoms with Crippen molar-refractivity contribution in [2.45, 2.75) is 53.6 Å². The van der Waals surface area contributed by atoms with Gasteiger partial charge < -0.3 is 9.47 Å². The number of hydrogen-bond acceptors (Lipinski definition) is 2. The van der Waals surface area contributed by atoms with Gasteiger partial charge in [-0.05, 0) is 33.0 Å². The van der Waals surface area contributed by atoms with E-state index in [1.54, 1.807) is 0 Å². The largest absolute Gasteiger partial charge is 0.314 e. The predicted octanol–water partition coefficient (Wildman–Crippen LogP) is 3.38. The summed E-state index contributed by atoms with van der Waals surface area (Å²) in [5.74, 6) is 0. The highest BCUT2D eigenvalue weighted by molar-refractivity contribution is 6.86. The van der Waals surface area contributed by atoms with Crippen LogP contribution in [0.4, 0.5) is 0 Å². The lowest BCUT2D eigenvalue weighted by Gasteiger charge is -2.43. The molecule has 0 aromatic heterocycles. The molecule has 0 unspecified atom stereocenters. The molecule has 0 saturated carbocycles. The van der Waals surface area contributed by atoms with Gasteiger partial charge in [-0.15, -0.1) is 13.2 Å². The van der Waals surface area contributed by atoms with Crippen molar-refractivity contribution < 1.29 is 0 Å². The molecule has 0 aliphatic rings. The molecule has 0 heterocycles. The van der Waals surface area contributed by atoms with Crippen molar-refractivity contribution in [3.8, 4) is 0 Å². The van der Waals surface area contributed by atoms with E-state index in [1.165, 1.54) is 0 Å². The van der Waals surface area contributed by atoms with Crippen LogP contribution in [0, 0.1) is 0 Å². The third kappa shape index (κ3) is 4.07. The van der Waals surface area contributed by atoms with Gasteiger partial charge in [-0.25, -0.2) is 0 Å². The van der Waals surface area contributed by atoms with Gasteiger partial charge in [0.05, 0.1) is 0 Å². The first kappa shape index (κ1) is 17.6. The normalized spacial score (nSPS) is 12.8. The summed E-state index contributed by atoms with van der Waals surface area (Å²) in [6.07, 6.45) is 1.10. The molecule has 0 aromatic rings. The minimum Gasteiger partial charge on any atom is -0.314 e. The first-order valence-corrected chi connectivity index (χ1v) is 9.47. The second-order valence-corrected chi connectivity index (χ2v) is 9.13. The van der Waals surface area contributed by atoms with E-state index in [-0.39, 0.29) is 0 Å². The van der Waals surface area contributed by atoms with Crippen LogP contribution in [0.1, 0.15) is 41.5 Å². The first-order valence-electron chi connectivity index (χ1n) is 7.16. The van der Waals surface area contributed by atoms with Crippen molar-refractivity contribution in [1.82, 2.24) is 9.47 Å². The molecule has 0 atom stereocenters. The third-order valence-corrected chi connectivity index (χ3v) is 8.03. The summed E-state index contributed by atoms with van der Waals surface area (Å²) in [5.41, 5.74) is 4.38. The summed E-state index contributed by atoms with van der Waals surface area (Å²) >= 11 is 0. The van der Waals surface area contributed by atoms with Crippen molar-refractivity contribution in [2.75, 3.05) is 19.3 Å². The van der Waals surface area contributed by atoms with E-state index in [4.69, 9.17) is 0 Å². The number of hydrogen-bond donors (Lipinski definition) is 0. The molecule has 0 fully saturated rings. The van der Waals surface area contributed by atoms with Gasteiger partial charge in [-0.3, -0.25) is 0 Å². The van der Waals surface area contributed by atoms with Crippen molar-refractivity contribution in [2.24, 2.45) is 0 Å². The summed E-state index contributed by atoms with van der Waals surface area (Å²) in [6.45, 7) is 23.9. The smallest absolute Gasteiger partial charge is 0.191 e. The van der Waals surface area contributed by atoms with Gasteiger partial charge in [0.15, 0.2) is 8.24 Å². The number of nitrogens with zero attached hydrogens (tertiary/aromatic N) is 2. The standard InChI is InChI=1S/C15H32N2Si/c1-9-16(14(5)6)13-18(11-3,12-4)17(10-2)15(7)8/h11-12,14-15H,3-4,9-10,13H2,1-2,5-8H3. The molecule has 0 rings (SSSR count). The molecular weight excluding hydrogens is 236 g/mol. The SMILES string of the molecule is C=C[Si](C=C)(CN(CC)C(C)C)N(CC)C(C)C. The van der Waals surface area contributed by atoms with Gasteiger partial charge in [-0.1, -0.05) is 39.1 Å². The van der Waals surface area contributed by atoms with Gasteiger partial charge in [0, 0.05) is 12.2 Å². The summed E-state index contributed by atoms with van der Waals surface area (Å²) in [4.78, 5) is 2.53. The Balaban J connectivity index is 5.24. The van der Waals surface area contributed by atoms with Gasteiger partial charge in [0.1, 0.15) is 0 Å². The molecule has 106 valence electrons. The Labute approximate surface area is 115 Å². The third-order valence-electron chi connectivity index (χ3n) is 3.80. The summed E-state index contributed by atoms with van der Waals surface area (Å²) < 4.78 is 2.60. The molecule has 0 radical (unpaired) electrons. The summed E-state index contributed by atoms with van der Waals surface area (Å²) in [6, 6.07) is 1.12. The van der Waals surface area contributed by atoms with Crippen molar-refractivity contribution >= 4 is 8.24 Å². The zero-order valence-corrected chi connectivity index (χ0v) is 14.2. The molecule has 2 nitrogen and oxygen atoms in total. The molecular formula is C15H32N2Si. The van der Waals surface area contributed by atoms with E-state index in [0.29, 0.717) is 12.1 Å². The highest BCUT2D eigenvalue weighted by Gasteiger charge is 2.36. The van der Waals surface area contributed by atoms with Gasteiger partial charge in [-0.2, -0.15) is 0 Å². The van der Waals surface area contributed by atoms with Crippen LogP contribution in [0.3, 0.4) is 0 Å². The van der Waals surface area contributed by atoms with Crippen LogP contribution in [-0.2, 0) is 0 Å². The molecule has 3 heteroatoms. The fourth-order valence-corrected chi connectivity index (χ4v) is 6.53. The Hall–Kier alpha value is -0.383. The summed E-state index contributed by atoms with van der Waals surface area (Å²) in [7, 11) is -1.80. The monoisotopic (exact) mass is 268 g/mol. The van der Waals surface area contributed by atoms with Crippen LogP contribution < -0.4 is 0 Å². The lowest BCUT2D eigenvalue weighted by molar-refractivity contribution is 0.255. The predicted molar refractivity (Wildman–Crippen MR) is 86.0 cm³/mol. The molecule has 0 aliphatic carbocycles. The van der Waals surface area contributed by atoms with Crippen molar-refractivity contribution in [3.63, 3.8) is 0 Å². The fraction of sp³-hybridized carbons (Fsp3) is 0.733. The zero-order valence-electron chi connectivity index (χ0n) is 13.2. The van der Waals surface area contributed by atoms with Gasteiger partial charge in [0.2, 0.25) is 0 Å². The van der Waals surface area contributed by atoms with E-state index >= 15 is 0 Å². The topological polar surface area (TPSA) is 6.48 Å². The Morgan fingerprint density at radius 2 is 1.44 bits per heavy atom. The minimum atomic E-state index is -1.80. The molecule has 0 bridgehead atoms. The Bertz CT molecular complexity index is 253. The molecule has 0 N–H and O–H groups in total. The van der Waals surface area contributed by atoms with Crippen LogP contribution in [0.5, 0.6) is 0 Å². The Kier molecular flexibility index (Phi) is 7.75. The number of rotatable bonds is 9. The molecule has 0 aliphatic heterocycles. The maximum absolute atomic E-state index is 4.12. The van der Waals surface area contributed by atoms with Gasteiger partial charge >= 0.3 is 0 Å². The van der Waals surface area contributed by atoms with E-state index in [9.17, 15) is 0 Å². The van der Waals surface area contributed by atoms with E-state index < -0.39 is 8.24 Å². The fourth-order valence-electron chi connectivity index (χ4n) is 2.66. The second-order valence-electron chi connectivity index (χ2n) is 5.44. The maximum atomic E-state index is 4.12. The molecule has 0 saturated heterocycles. The van der Waals surface area contributed by atoms with Crippen LogP contribution >= 0.6 is 0 Å². The quantitative estimate of drug-likeness (QED) is 0.592. The zero-order chi connectivity index (χ0) is 14.3. The molecule has 0 amide bonds. The lowest BCUT2D eigenvalue weighted by atomic mass is 10.3. The van der Waals surface area contributed by atoms with Crippen LogP contribution in [0.15, 0.2) is 24.6 Å². The lowest BCUT2D eigenvalue weighted by Crippen LogP contribution is -2.61. The first-order chi connectivity index (χ1) is 8.38. The average Bonchev–Trinajstić information content (AvgIpc) is 2.33. The van der Waals surface area contributed by atoms with E-state index in [1.807, 2.05) is 0 Å². The van der Waals surface area contributed by atoms with Crippen molar-refractivity contribution in [1.29, 1.82) is 0 Å². The summed E-state index contributed by atoms with van der Waals surface area (Å²) in [5, 5.41) is 0. The average molecular weight is 269 g/mol. The maximum Gasteiger partial charge on any atom is 0.191 e. The van der Waals surface area contributed by atoms with Crippen molar-refractivity contribution in [3.05, 3.63) is 24.6 Å². The molecule has 0 spiro atoms. The second kappa shape index (κ2) is 7.92. The molecule has 18 heavy (non-hydrogen) atoms.